The van der Waals surface area contributed by atoms with Crippen LogP contribution < -0.4 is 10.1 Å². The number of amides is 1. The summed E-state index contributed by atoms with van der Waals surface area (Å²) in [6.07, 6.45) is 7.49. The highest BCUT2D eigenvalue weighted by molar-refractivity contribution is 5.84. The number of para-hydroxylation sites is 1. The van der Waals surface area contributed by atoms with Crippen molar-refractivity contribution in [2.45, 2.75) is 45.1 Å². The maximum atomic E-state index is 12.0. The summed E-state index contributed by atoms with van der Waals surface area (Å²) in [7, 11) is 0. The fraction of sp³-hybridized carbons (Fsp3) is 0.450. The smallest absolute Gasteiger partial charge is 0.344 e. The van der Waals surface area contributed by atoms with E-state index in [9.17, 15) is 14.4 Å². The highest BCUT2D eigenvalue weighted by Crippen LogP contribution is 2.19. The molecule has 1 amide bonds. The molecule has 140 valence electrons. The maximum absolute atomic E-state index is 12.0. The third-order valence-corrected chi connectivity index (χ3v) is 4.20. The van der Waals surface area contributed by atoms with Crippen LogP contribution in [0, 0.1) is 0 Å². The van der Waals surface area contributed by atoms with E-state index in [-0.39, 0.29) is 12.5 Å². The van der Waals surface area contributed by atoms with Crippen molar-refractivity contribution in [1.82, 2.24) is 5.32 Å². The lowest BCUT2D eigenvalue weighted by Gasteiger charge is -2.16. The lowest BCUT2D eigenvalue weighted by atomic mass is 9.97. The van der Waals surface area contributed by atoms with Gasteiger partial charge in [-0.15, -0.1) is 0 Å². The zero-order valence-electron chi connectivity index (χ0n) is 15.0. The number of carbonyl (C=O) groups excluding carboxylic acids is 3. The van der Waals surface area contributed by atoms with Gasteiger partial charge < -0.3 is 14.8 Å². The summed E-state index contributed by atoms with van der Waals surface area (Å²) in [6.45, 7) is 1.69. The first kappa shape index (κ1) is 19.7. The van der Waals surface area contributed by atoms with E-state index < -0.39 is 12.1 Å². The summed E-state index contributed by atoms with van der Waals surface area (Å²) < 4.78 is 10.4. The van der Waals surface area contributed by atoms with Crippen molar-refractivity contribution >= 4 is 18.2 Å². The fourth-order valence-electron chi connectivity index (χ4n) is 2.75. The Bertz CT molecular complexity index is 668. The molecule has 0 spiro atoms. The normalized spacial score (nSPS) is 14.7. The molecule has 1 aromatic carbocycles. The predicted molar refractivity (Wildman–Crippen MR) is 97.1 cm³/mol. The molecule has 0 heterocycles. The standard InChI is InChI=1S/C20H25NO5/c1-15(20(24)21-12-11-16-7-3-2-4-8-16)26-19(23)14-25-18-10-6-5-9-17(18)13-22/h5-7,9-10,13,15H,2-4,8,11-12,14H2,1H3,(H,21,24)/t15-/m0/s1. The average molecular weight is 359 g/mol. The van der Waals surface area contributed by atoms with Crippen LogP contribution in [0.15, 0.2) is 35.9 Å². The van der Waals surface area contributed by atoms with Crippen LogP contribution in [0.2, 0.25) is 0 Å². The quantitative estimate of drug-likeness (QED) is 0.416. The molecular weight excluding hydrogens is 334 g/mol. The van der Waals surface area contributed by atoms with Gasteiger partial charge in [0.25, 0.3) is 5.91 Å². The summed E-state index contributed by atoms with van der Waals surface area (Å²) in [5, 5.41) is 2.78. The fourth-order valence-corrected chi connectivity index (χ4v) is 2.75. The minimum absolute atomic E-state index is 0.303. The molecule has 0 saturated heterocycles. The van der Waals surface area contributed by atoms with Crippen LogP contribution in [0.3, 0.4) is 0 Å². The van der Waals surface area contributed by atoms with Crippen LogP contribution in [0.1, 0.15) is 49.4 Å². The lowest BCUT2D eigenvalue weighted by molar-refractivity contribution is -0.156. The van der Waals surface area contributed by atoms with Gasteiger partial charge in [0.1, 0.15) is 5.75 Å². The number of rotatable bonds is 9. The molecule has 0 unspecified atom stereocenters. The van der Waals surface area contributed by atoms with E-state index in [0.717, 1.165) is 19.3 Å². The number of aldehydes is 1. The molecule has 1 atom stereocenters. The molecule has 0 bridgehead atoms. The third-order valence-electron chi connectivity index (χ3n) is 4.20. The second-order valence-electron chi connectivity index (χ2n) is 6.23. The second kappa shape index (κ2) is 10.4. The van der Waals surface area contributed by atoms with E-state index in [1.807, 2.05) is 0 Å². The van der Waals surface area contributed by atoms with Crippen molar-refractivity contribution in [3.05, 3.63) is 41.5 Å². The largest absolute Gasteiger partial charge is 0.481 e. The maximum Gasteiger partial charge on any atom is 0.344 e. The number of ether oxygens (including phenoxy) is 2. The van der Waals surface area contributed by atoms with Crippen LogP contribution in [-0.4, -0.2) is 37.4 Å². The van der Waals surface area contributed by atoms with Crippen molar-refractivity contribution in [3.63, 3.8) is 0 Å². The molecule has 1 aromatic rings. The Balaban J connectivity index is 1.69. The van der Waals surface area contributed by atoms with E-state index in [4.69, 9.17) is 9.47 Å². The highest BCUT2D eigenvalue weighted by atomic mass is 16.6. The third kappa shape index (κ3) is 6.35. The Labute approximate surface area is 153 Å². The molecule has 0 radical (unpaired) electrons. The molecular formula is C20H25NO5. The van der Waals surface area contributed by atoms with Crippen LogP contribution in [0.5, 0.6) is 5.75 Å². The first-order valence-electron chi connectivity index (χ1n) is 8.92. The number of hydrogen-bond acceptors (Lipinski definition) is 5. The Morgan fingerprint density at radius 1 is 1.27 bits per heavy atom. The average Bonchev–Trinajstić information content (AvgIpc) is 2.67. The van der Waals surface area contributed by atoms with E-state index in [1.54, 1.807) is 24.3 Å². The molecule has 6 nitrogen and oxygen atoms in total. The topological polar surface area (TPSA) is 81.7 Å². The number of carbonyl (C=O) groups is 3. The molecule has 0 saturated carbocycles. The van der Waals surface area contributed by atoms with E-state index >= 15 is 0 Å². The van der Waals surface area contributed by atoms with E-state index in [2.05, 4.69) is 11.4 Å². The van der Waals surface area contributed by atoms with Crippen molar-refractivity contribution in [2.24, 2.45) is 0 Å². The van der Waals surface area contributed by atoms with Crippen LogP contribution >= 0.6 is 0 Å². The van der Waals surface area contributed by atoms with Crippen molar-refractivity contribution in [2.75, 3.05) is 13.2 Å². The van der Waals surface area contributed by atoms with Gasteiger partial charge in [-0.1, -0.05) is 23.8 Å². The monoisotopic (exact) mass is 359 g/mol. The van der Waals surface area contributed by atoms with Gasteiger partial charge in [0.2, 0.25) is 0 Å². The molecule has 0 aromatic heterocycles. The molecule has 0 aliphatic heterocycles. The molecule has 6 heteroatoms. The molecule has 1 N–H and O–H groups in total. The molecule has 0 fully saturated rings. The van der Waals surface area contributed by atoms with Gasteiger partial charge in [-0.3, -0.25) is 9.59 Å². The van der Waals surface area contributed by atoms with Gasteiger partial charge in [0, 0.05) is 6.54 Å². The molecule has 2 rings (SSSR count). The van der Waals surface area contributed by atoms with E-state index in [0.29, 0.717) is 24.1 Å². The second-order valence-corrected chi connectivity index (χ2v) is 6.23. The number of nitrogens with one attached hydrogen (secondary N) is 1. The van der Waals surface area contributed by atoms with Crippen LogP contribution in [0.4, 0.5) is 0 Å². The summed E-state index contributed by atoms with van der Waals surface area (Å²) in [5.41, 5.74) is 1.73. The van der Waals surface area contributed by atoms with Gasteiger partial charge in [0.05, 0.1) is 5.56 Å². The summed E-state index contributed by atoms with van der Waals surface area (Å²) in [6, 6.07) is 6.58. The number of hydrogen-bond donors (Lipinski definition) is 1. The SMILES string of the molecule is C[C@H](OC(=O)COc1ccccc1C=O)C(=O)NCCC1=CCCCC1. The molecule has 26 heavy (non-hydrogen) atoms. The molecule has 1 aliphatic rings. The first-order chi connectivity index (χ1) is 12.6. The minimum Gasteiger partial charge on any atom is -0.481 e. The highest BCUT2D eigenvalue weighted by Gasteiger charge is 2.18. The zero-order valence-corrected chi connectivity index (χ0v) is 15.0. The van der Waals surface area contributed by atoms with Crippen molar-refractivity contribution in [3.8, 4) is 5.75 Å². The van der Waals surface area contributed by atoms with Gasteiger partial charge in [-0.25, -0.2) is 4.79 Å². The number of allylic oxidation sites excluding steroid dienone is 1. The summed E-state index contributed by atoms with van der Waals surface area (Å²) >= 11 is 0. The minimum atomic E-state index is -0.896. The van der Waals surface area contributed by atoms with Crippen LogP contribution in [0.25, 0.3) is 0 Å². The molecule has 1 aliphatic carbocycles. The number of benzene rings is 1. The van der Waals surface area contributed by atoms with Gasteiger partial charge >= 0.3 is 5.97 Å². The summed E-state index contributed by atoms with van der Waals surface area (Å²) in [4.78, 5) is 34.7. The van der Waals surface area contributed by atoms with Gasteiger partial charge in [-0.05, 0) is 51.2 Å². The Kier molecular flexibility index (Phi) is 7.86. The Morgan fingerprint density at radius 2 is 2.08 bits per heavy atom. The first-order valence-corrected chi connectivity index (χ1v) is 8.92. The van der Waals surface area contributed by atoms with Gasteiger partial charge in [-0.2, -0.15) is 0 Å². The van der Waals surface area contributed by atoms with Crippen LogP contribution in [-0.2, 0) is 14.3 Å². The Morgan fingerprint density at radius 3 is 2.81 bits per heavy atom. The zero-order chi connectivity index (χ0) is 18.8. The number of esters is 1. The van der Waals surface area contributed by atoms with Crippen molar-refractivity contribution in [1.29, 1.82) is 0 Å². The Hall–Kier alpha value is -2.63. The van der Waals surface area contributed by atoms with Gasteiger partial charge in [0.15, 0.2) is 19.0 Å². The van der Waals surface area contributed by atoms with Crippen molar-refractivity contribution < 1.29 is 23.9 Å². The lowest BCUT2D eigenvalue weighted by Crippen LogP contribution is -2.37. The van der Waals surface area contributed by atoms with E-state index in [1.165, 1.54) is 25.3 Å². The predicted octanol–water partition coefficient (Wildman–Crippen LogP) is 2.82. The summed E-state index contributed by atoms with van der Waals surface area (Å²) in [5.74, 6) is -0.691.